The molecule has 2 aromatic carbocycles. The third-order valence-corrected chi connectivity index (χ3v) is 11.6. The monoisotopic (exact) mass is 825 g/mol. The Bertz CT molecular complexity index is 1870. The molecule has 1 heterocycles. The van der Waals surface area contributed by atoms with Gasteiger partial charge >= 0.3 is 6.09 Å². The van der Waals surface area contributed by atoms with E-state index in [0.29, 0.717) is 24.8 Å². The number of carbonyl (C=O) groups excluding carboxylic acids is 7. The van der Waals surface area contributed by atoms with Gasteiger partial charge in [-0.25, -0.2) is 17.9 Å². The highest BCUT2D eigenvalue weighted by Crippen LogP contribution is 2.30. The van der Waals surface area contributed by atoms with E-state index in [0.717, 1.165) is 19.3 Å². The molecule has 0 spiro atoms. The summed E-state index contributed by atoms with van der Waals surface area (Å²) in [5.41, 5.74) is 5.88. The first-order valence-corrected chi connectivity index (χ1v) is 21.2. The lowest BCUT2D eigenvalue weighted by molar-refractivity contribution is -0.143. The Morgan fingerprint density at radius 3 is 2.12 bits per heavy atom. The van der Waals surface area contributed by atoms with Crippen molar-refractivity contribution >= 4 is 51.4 Å². The molecule has 5 atom stereocenters. The molecule has 2 aromatic rings. The van der Waals surface area contributed by atoms with Gasteiger partial charge in [-0.3, -0.25) is 28.8 Å². The fraction of sp³-hybridized carbons (Fsp3) is 0.525. The summed E-state index contributed by atoms with van der Waals surface area (Å²) in [6.45, 7) is 4.66. The van der Waals surface area contributed by atoms with E-state index in [2.05, 4.69) is 26.0 Å². The van der Waals surface area contributed by atoms with Crippen LogP contribution in [-0.4, -0.2) is 98.6 Å². The van der Waals surface area contributed by atoms with Gasteiger partial charge in [-0.05, 0) is 55.2 Å². The maximum absolute atomic E-state index is 14.5. The molecular formula is C40H55N7O10S. The van der Waals surface area contributed by atoms with Crippen LogP contribution in [0.25, 0.3) is 0 Å². The Morgan fingerprint density at radius 2 is 1.52 bits per heavy atom. The Balaban J connectivity index is 1.53. The van der Waals surface area contributed by atoms with Gasteiger partial charge in [0.2, 0.25) is 39.4 Å². The summed E-state index contributed by atoms with van der Waals surface area (Å²) < 4.78 is 34.7. The zero-order valence-corrected chi connectivity index (χ0v) is 33.9. The van der Waals surface area contributed by atoms with E-state index >= 15 is 0 Å². The predicted octanol–water partition coefficient (Wildman–Crippen LogP) is 1.58. The number of likely N-dealkylation sites (tertiary alicyclic amines) is 1. The Morgan fingerprint density at radius 1 is 0.879 bits per heavy atom. The van der Waals surface area contributed by atoms with Crippen LogP contribution in [0.5, 0.6) is 0 Å². The van der Waals surface area contributed by atoms with Gasteiger partial charge in [-0.15, -0.1) is 0 Å². The molecule has 6 amide bonds. The number of nitrogens with zero attached hydrogens (tertiary/aromatic N) is 1. The van der Waals surface area contributed by atoms with Gasteiger partial charge in [0.1, 0.15) is 18.1 Å². The first-order chi connectivity index (χ1) is 27.6. The molecule has 18 heteroatoms. The molecule has 1 aliphatic heterocycles. The zero-order valence-electron chi connectivity index (χ0n) is 33.1. The Labute approximate surface area is 339 Å². The lowest BCUT2D eigenvalue weighted by Crippen LogP contribution is -2.58. The minimum atomic E-state index is -4.09. The standard InChI is InChI=1S/C40H55N7O10S/c1-4-14-30(35(49)38(52)42-22-32(48)44-33(36(41)50)26-15-8-5-9-16-26)43-37(51)31-21-28(46-58(55,56)29-19-12-7-13-20-29)23-47(31)39(53)34(27-17-10-6-11-18-27)45-40(54)57-24-25(2)3/h5,7-9,12-13,15-16,19-20,25,27-28,30-31,33-34,46H,4,6,10-11,14,17-18,21-24H2,1-3H3,(H2,41,50)(H,42,52)(H,43,51)(H,44,48)(H,45,54). The number of benzene rings is 2. The minimum absolute atomic E-state index is 0.0145. The van der Waals surface area contributed by atoms with Gasteiger partial charge in [-0.2, -0.15) is 0 Å². The summed E-state index contributed by atoms with van der Waals surface area (Å²) in [7, 11) is -4.09. The minimum Gasteiger partial charge on any atom is -0.449 e. The van der Waals surface area contributed by atoms with Gasteiger partial charge < -0.3 is 36.6 Å². The summed E-state index contributed by atoms with van der Waals surface area (Å²) >= 11 is 0. The highest BCUT2D eigenvalue weighted by Gasteiger charge is 2.46. The van der Waals surface area contributed by atoms with Crippen molar-refractivity contribution in [2.24, 2.45) is 17.6 Å². The van der Waals surface area contributed by atoms with Crippen molar-refractivity contribution in [2.75, 3.05) is 19.7 Å². The molecule has 4 rings (SSSR count). The third-order valence-electron chi connectivity index (χ3n) is 10.0. The van der Waals surface area contributed by atoms with Crippen LogP contribution in [0.3, 0.4) is 0 Å². The van der Waals surface area contributed by atoms with Crippen LogP contribution in [0.4, 0.5) is 4.79 Å². The fourth-order valence-corrected chi connectivity index (χ4v) is 8.41. The topological polar surface area (TPSA) is 252 Å². The fourth-order valence-electron chi connectivity index (χ4n) is 7.15. The van der Waals surface area contributed by atoms with Gasteiger partial charge in [0.15, 0.2) is 0 Å². The van der Waals surface area contributed by atoms with Crippen molar-refractivity contribution in [1.82, 2.24) is 30.9 Å². The van der Waals surface area contributed by atoms with E-state index in [1.165, 1.54) is 17.0 Å². The molecule has 7 N–H and O–H groups in total. The quantitative estimate of drug-likeness (QED) is 0.112. The maximum Gasteiger partial charge on any atom is 0.407 e. The number of alkyl carbamates (subject to hydrolysis) is 1. The van der Waals surface area contributed by atoms with Gasteiger partial charge in [-0.1, -0.05) is 95.0 Å². The van der Waals surface area contributed by atoms with E-state index in [4.69, 9.17) is 10.5 Å². The smallest absolute Gasteiger partial charge is 0.407 e. The first-order valence-electron chi connectivity index (χ1n) is 19.7. The number of amides is 6. The van der Waals surface area contributed by atoms with Crippen molar-refractivity contribution in [3.05, 3.63) is 66.2 Å². The van der Waals surface area contributed by atoms with Crippen molar-refractivity contribution in [3.8, 4) is 0 Å². The number of nitrogens with two attached hydrogens (primary N) is 1. The largest absolute Gasteiger partial charge is 0.449 e. The summed E-state index contributed by atoms with van der Waals surface area (Å²) in [6, 6.07) is 9.90. The van der Waals surface area contributed by atoms with E-state index in [9.17, 15) is 42.0 Å². The summed E-state index contributed by atoms with van der Waals surface area (Å²) in [4.78, 5) is 94.1. The Hall–Kier alpha value is -5.36. The first kappa shape index (κ1) is 45.3. The van der Waals surface area contributed by atoms with Crippen LogP contribution in [0.1, 0.15) is 83.7 Å². The third kappa shape index (κ3) is 12.8. The van der Waals surface area contributed by atoms with Gasteiger partial charge in [0.05, 0.1) is 24.1 Å². The van der Waals surface area contributed by atoms with E-state index in [-0.39, 0.29) is 42.7 Å². The second-order valence-corrected chi connectivity index (χ2v) is 16.8. The number of rotatable bonds is 19. The lowest BCUT2D eigenvalue weighted by Gasteiger charge is -2.34. The molecule has 316 valence electrons. The summed E-state index contributed by atoms with van der Waals surface area (Å²) in [5.74, 6) is -5.56. The van der Waals surface area contributed by atoms with Gasteiger partial charge in [0, 0.05) is 12.6 Å². The van der Waals surface area contributed by atoms with Crippen molar-refractivity contribution in [3.63, 3.8) is 0 Å². The summed E-state index contributed by atoms with van der Waals surface area (Å²) in [6.07, 6.45) is 3.25. The van der Waals surface area contributed by atoms with Crippen molar-refractivity contribution < 1.29 is 46.7 Å². The zero-order chi connectivity index (χ0) is 42.4. The SMILES string of the molecule is CCCC(NC(=O)C1CC(NS(=O)(=O)c2ccccc2)CN1C(=O)C(NC(=O)OCC(C)C)C1CCCCC1)C(=O)C(=O)NCC(=O)NC(C(N)=O)c1ccccc1. The molecule has 1 aliphatic carbocycles. The number of ether oxygens (including phenoxy) is 1. The molecule has 0 bridgehead atoms. The molecule has 2 fully saturated rings. The normalized spacial score (nSPS) is 18.7. The van der Waals surface area contributed by atoms with Crippen molar-refractivity contribution in [1.29, 1.82) is 0 Å². The van der Waals surface area contributed by atoms with Crippen LogP contribution in [0.2, 0.25) is 0 Å². The second-order valence-electron chi connectivity index (χ2n) is 15.1. The number of carbonyl (C=O) groups is 7. The number of Topliss-reactive ketones (excluding diaryl/α,β-unsaturated/α-hetero) is 1. The van der Waals surface area contributed by atoms with E-state index in [1.807, 2.05) is 13.8 Å². The van der Waals surface area contributed by atoms with Crippen LogP contribution >= 0.6 is 0 Å². The number of nitrogens with one attached hydrogen (secondary N) is 5. The Kier molecular flexibility index (Phi) is 16.7. The van der Waals surface area contributed by atoms with Crippen LogP contribution in [0, 0.1) is 11.8 Å². The maximum atomic E-state index is 14.5. The van der Waals surface area contributed by atoms with E-state index in [1.54, 1.807) is 55.5 Å². The second kappa shape index (κ2) is 21.4. The van der Waals surface area contributed by atoms with Crippen LogP contribution in [0.15, 0.2) is 65.6 Å². The highest BCUT2D eigenvalue weighted by molar-refractivity contribution is 7.89. The molecule has 1 saturated carbocycles. The highest BCUT2D eigenvalue weighted by atomic mass is 32.2. The van der Waals surface area contributed by atoms with E-state index < -0.39 is 88.2 Å². The predicted molar refractivity (Wildman–Crippen MR) is 212 cm³/mol. The van der Waals surface area contributed by atoms with Crippen molar-refractivity contribution in [2.45, 2.75) is 107 Å². The van der Waals surface area contributed by atoms with Crippen LogP contribution < -0.4 is 31.7 Å². The number of hydrogen-bond donors (Lipinski definition) is 6. The molecule has 2 aliphatic rings. The van der Waals surface area contributed by atoms with Gasteiger partial charge in [0.25, 0.3) is 5.91 Å². The van der Waals surface area contributed by atoms with Crippen LogP contribution in [-0.2, 0) is 43.5 Å². The lowest BCUT2D eigenvalue weighted by atomic mass is 9.83. The number of primary amides is 1. The molecule has 1 saturated heterocycles. The molecule has 0 aromatic heterocycles. The number of hydrogen-bond acceptors (Lipinski definition) is 10. The number of sulfonamides is 1. The average molecular weight is 826 g/mol. The molecule has 0 radical (unpaired) electrons. The molecular weight excluding hydrogens is 771 g/mol. The molecule has 58 heavy (non-hydrogen) atoms. The summed E-state index contributed by atoms with van der Waals surface area (Å²) in [5, 5.41) is 9.97. The average Bonchev–Trinajstić information content (AvgIpc) is 3.63. The molecule has 5 unspecified atom stereocenters. The molecule has 17 nitrogen and oxygen atoms in total. The number of ketones is 1.